The average molecular weight is 651 g/mol. The van der Waals surface area contributed by atoms with Crippen LogP contribution >= 0.6 is 0 Å². The first-order chi connectivity index (χ1) is 21.8. The summed E-state index contributed by atoms with van der Waals surface area (Å²) in [6.07, 6.45) is 12.3. The molecule has 10 nitrogen and oxygen atoms in total. The summed E-state index contributed by atoms with van der Waals surface area (Å²) in [6, 6.07) is 0. The van der Waals surface area contributed by atoms with E-state index in [-0.39, 0.29) is 56.8 Å². The lowest BCUT2D eigenvalue weighted by Crippen LogP contribution is -2.30. The van der Waals surface area contributed by atoms with Gasteiger partial charge in [-0.2, -0.15) is 0 Å². The second kappa shape index (κ2) is 23.8. The van der Waals surface area contributed by atoms with Crippen LogP contribution in [0.15, 0.2) is 72.9 Å². The van der Waals surface area contributed by atoms with E-state index in [1.807, 2.05) is 20.8 Å². The Hall–Kier alpha value is -2.41. The van der Waals surface area contributed by atoms with Crippen LogP contribution in [0.3, 0.4) is 0 Å². The molecule has 0 amide bonds. The van der Waals surface area contributed by atoms with E-state index >= 15 is 0 Å². The van der Waals surface area contributed by atoms with Crippen molar-refractivity contribution in [1.29, 1.82) is 0 Å². The van der Waals surface area contributed by atoms with E-state index in [1.165, 1.54) is 12.2 Å². The zero-order chi connectivity index (χ0) is 34.5. The van der Waals surface area contributed by atoms with E-state index in [4.69, 9.17) is 4.74 Å². The third-order valence-electron chi connectivity index (χ3n) is 7.94. The van der Waals surface area contributed by atoms with Gasteiger partial charge >= 0.3 is 5.97 Å². The highest BCUT2D eigenvalue weighted by molar-refractivity contribution is 5.82. The lowest BCUT2D eigenvalue weighted by molar-refractivity contribution is -0.147. The fraction of sp³-hybridized carbons (Fsp3) is 0.639. The fourth-order valence-electron chi connectivity index (χ4n) is 5.31. The molecule has 0 aromatic heterocycles. The first kappa shape index (κ1) is 41.6. The van der Waals surface area contributed by atoms with Gasteiger partial charge in [0.05, 0.1) is 48.8 Å². The Bertz CT molecular complexity index is 1000. The molecule has 8 N–H and O–H groups in total. The SMILES string of the molecule is CCC(C)C1OC(=O)C=C/C=C/C=C/C=C/C=C\CC(O)CC(O)CC(O)CC(O)CC(O)CC(O)CC(O)CC(O)/C=C/C1C. The molecule has 0 radical (unpaired) electrons. The van der Waals surface area contributed by atoms with Gasteiger partial charge in [0.1, 0.15) is 6.10 Å². The van der Waals surface area contributed by atoms with Gasteiger partial charge < -0.3 is 45.6 Å². The number of cyclic esters (lactones) is 1. The van der Waals surface area contributed by atoms with E-state index in [9.17, 15) is 45.6 Å². The summed E-state index contributed by atoms with van der Waals surface area (Å²) in [5.74, 6) is -0.648. The third kappa shape index (κ3) is 20.0. The second-order valence-corrected chi connectivity index (χ2v) is 12.5. The number of ether oxygens (including phenoxy) is 1. The van der Waals surface area contributed by atoms with Gasteiger partial charge in [-0.25, -0.2) is 4.79 Å². The van der Waals surface area contributed by atoms with Crippen molar-refractivity contribution in [2.45, 2.75) is 133 Å². The Kier molecular flexibility index (Phi) is 21.6. The van der Waals surface area contributed by atoms with Crippen LogP contribution in [0.25, 0.3) is 0 Å². The Morgan fingerprint density at radius 2 is 1.04 bits per heavy atom. The highest BCUT2D eigenvalue weighted by Crippen LogP contribution is 2.22. The number of rotatable bonds is 2. The molecule has 0 aromatic carbocycles. The minimum atomic E-state index is -1.10. The molecule has 1 rings (SSSR count). The summed E-state index contributed by atoms with van der Waals surface area (Å²) >= 11 is 0. The first-order valence-corrected chi connectivity index (χ1v) is 16.5. The number of allylic oxidation sites excluding steroid dienone is 8. The molecule has 262 valence electrons. The average Bonchev–Trinajstić information content (AvgIpc) is 2.95. The van der Waals surface area contributed by atoms with Gasteiger partial charge in [-0.1, -0.05) is 94.0 Å². The molecule has 46 heavy (non-hydrogen) atoms. The number of hydrogen-bond donors (Lipinski definition) is 8. The highest BCUT2D eigenvalue weighted by atomic mass is 16.5. The second-order valence-electron chi connectivity index (χ2n) is 12.5. The molecule has 11 unspecified atom stereocenters. The molecular formula is C36H58O10. The van der Waals surface area contributed by atoms with Crippen molar-refractivity contribution < 1.29 is 50.4 Å². The van der Waals surface area contributed by atoms with Crippen LogP contribution in [0, 0.1) is 11.8 Å². The molecule has 0 fully saturated rings. The van der Waals surface area contributed by atoms with E-state index in [1.54, 1.807) is 60.8 Å². The molecule has 11 atom stereocenters. The van der Waals surface area contributed by atoms with Crippen LogP contribution in [-0.2, 0) is 9.53 Å². The highest BCUT2D eigenvalue weighted by Gasteiger charge is 2.26. The molecule has 1 aliphatic rings. The Balaban J connectivity index is 2.97. The van der Waals surface area contributed by atoms with Crippen molar-refractivity contribution in [3.05, 3.63) is 72.9 Å². The lowest BCUT2D eigenvalue weighted by Gasteiger charge is -2.27. The summed E-state index contributed by atoms with van der Waals surface area (Å²) in [7, 11) is 0. The Morgan fingerprint density at radius 3 is 1.52 bits per heavy atom. The number of hydrogen-bond acceptors (Lipinski definition) is 10. The van der Waals surface area contributed by atoms with Gasteiger partial charge in [0.25, 0.3) is 0 Å². The Labute approximate surface area is 274 Å². The number of aliphatic hydroxyl groups is 8. The predicted octanol–water partition coefficient (Wildman–Crippen LogP) is 2.94. The van der Waals surface area contributed by atoms with Crippen LogP contribution in [0.1, 0.15) is 78.6 Å². The molecule has 0 bridgehead atoms. The summed E-state index contributed by atoms with van der Waals surface area (Å²) in [5.41, 5.74) is 0. The number of aliphatic hydroxyl groups excluding tert-OH is 8. The van der Waals surface area contributed by atoms with Gasteiger partial charge in [0.15, 0.2) is 0 Å². The van der Waals surface area contributed by atoms with Crippen LogP contribution in [0.4, 0.5) is 0 Å². The van der Waals surface area contributed by atoms with E-state index in [0.29, 0.717) is 6.42 Å². The molecule has 1 aliphatic heterocycles. The van der Waals surface area contributed by atoms with Crippen LogP contribution in [0.2, 0.25) is 0 Å². The number of carbonyl (C=O) groups is 1. The maximum absolute atomic E-state index is 12.5. The van der Waals surface area contributed by atoms with Crippen molar-refractivity contribution in [2.75, 3.05) is 0 Å². The fourth-order valence-corrected chi connectivity index (χ4v) is 5.31. The van der Waals surface area contributed by atoms with Gasteiger partial charge in [-0.15, -0.1) is 0 Å². The zero-order valence-electron chi connectivity index (χ0n) is 27.5. The lowest BCUT2D eigenvalue weighted by atomic mass is 9.90. The van der Waals surface area contributed by atoms with Crippen molar-refractivity contribution in [3.63, 3.8) is 0 Å². The maximum atomic E-state index is 12.5. The van der Waals surface area contributed by atoms with Gasteiger partial charge in [-0.05, 0) is 50.9 Å². The van der Waals surface area contributed by atoms with Crippen molar-refractivity contribution in [3.8, 4) is 0 Å². The van der Waals surface area contributed by atoms with Crippen LogP contribution in [-0.4, -0.2) is 102 Å². The smallest absolute Gasteiger partial charge is 0.331 e. The maximum Gasteiger partial charge on any atom is 0.331 e. The summed E-state index contributed by atoms with van der Waals surface area (Å²) < 4.78 is 5.73. The van der Waals surface area contributed by atoms with Crippen LogP contribution in [0.5, 0.6) is 0 Å². The molecule has 0 saturated carbocycles. The molecule has 0 aliphatic carbocycles. The van der Waals surface area contributed by atoms with Gasteiger partial charge in [0, 0.05) is 18.4 Å². The van der Waals surface area contributed by atoms with Crippen molar-refractivity contribution in [1.82, 2.24) is 0 Å². The van der Waals surface area contributed by atoms with E-state index in [0.717, 1.165) is 6.42 Å². The Morgan fingerprint density at radius 1 is 0.630 bits per heavy atom. The molecule has 1 heterocycles. The van der Waals surface area contributed by atoms with Gasteiger partial charge in [0.2, 0.25) is 0 Å². The number of carbonyl (C=O) groups excluding carboxylic acids is 1. The van der Waals surface area contributed by atoms with Gasteiger partial charge in [-0.3, -0.25) is 0 Å². The summed E-state index contributed by atoms with van der Waals surface area (Å²) in [6.45, 7) is 5.87. The quantitative estimate of drug-likeness (QED) is 0.163. The van der Waals surface area contributed by atoms with E-state index in [2.05, 4.69) is 0 Å². The molecule has 10 heteroatoms. The summed E-state index contributed by atoms with van der Waals surface area (Å²) in [5, 5.41) is 82.6. The van der Waals surface area contributed by atoms with E-state index < -0.39 is 60.9 Å². The van der Waals surface area contributed by atoms with Crippen molar-refractivity contribution >= 4 is 5.97 Å². The zero-order valence-corrected chi connectivity index (χ0v) is 27.5. The monoisotopic (exact) mass is 650 g/mol. The molecule has 0 spiro atoms. The normalized spacial score (nSPS) is 38.6. The standard InChI is InChI=1S/C36H58O10/c1-4-25(2)36-26(3)16-17-28(38)19-30(40)21-32(42)23-34(44)24-33(43)22-31(41)20-29(39)18-27(37)14-12-10-8-6-5-7-9-11-13-15-35(45)46-36/h5-13,15-17,25-34,36-44H,4,14,18-24H2,1-3H3/b7-5+,8-6+,11-9+,12-10-,15-13?,17-16+. The predicted molar refractivity (Wildman–Crippen MR) is 178 cm³/mol. The molecular weight excluding hydrogens is 592 g/mol. The largest absolute Gasteiger partial charge is 0.458 e. The summed E-state index contributed by atoms with van der Waals surface area (Å²) in [4.78, 5) is 12.5. The first-order valence-electron chi connectivity index (χ1n) is 16.5. The third-order valence-corrected chi connectivity index (χ3v) is 7.94. The number of esters is 1. The minimum Gasteiger partial charge on any atom is -0.458 e. The van der Waals surface area contributed by atoms with Crippen molar-refractivity contribution in [2.24, 2.45) is 11.8 Å². The molecule has 0 aromatic rings. The molecule has 0 saturated heterocycles. The minimum absolute atomic E-state index is 0.0475. The topological polar surface area (TPSA) is 188 Å². The van der Waals surface area contributed by atoms with Crippen LogP contribution < -0.4 is 0 Å².